The van der Waals surface area contributed by atoms with Crippen LogP contribution >= 0.6 is 0 Å². The lowest BCUT2D eigenvalue weighted by Crippen LogP contribution is -2.35. The minimum atomic E-state index is 0.266. The van der Waals surface area contributed by atoms with Gasteiger partial charge in [0.1, 0.15) is 11.3 Å². The Balaban J connectivity index is 1.56. The molecule has 0 radical (unpaired) electrons. The summed E-state index contributed by atoms with van der Waals surface area (Å²) in [7, 11) is 1.95. The molecule has 23 heavy (non-hydrogen) atoms. The zero-order valence-corrected chi connectivity index (χ0v) is 14.0. The Labute approximate surface area is 137 Å². The van der Waals surface area contributed by atoms with Crippen molar-refractivity contribution in [3.8, 4) is 0 Å². The summed E-state index contributed by atoms with van der Waals surface area (Å²) in [6.07, 6.45) is 5.84. The number of nitrogens with zero attached hydrogens (tertiary/aromatic N) is 1. The van der Waals surface area contributed by atoms with Crippen LogP contribution < -0.4 is 0 Å². The van der Waals surface area contributed by atoms with Gasteiger partial charge in [-0.05, 0) is 37.2 Å². The molecule has 0 aliphatic heterocycles. The van der Waals surface area contributed by atoms with Gasteiger partial charge < -0.3 is 9.32 Å². The quantitative estimate of drug-likeness (QED) is 0.839. The second-order valence-electron chi connectivity index (χ2n) is 7.33. The van der Waals surface area contributed by atoms with E-state index in [9.17, 15) is 4.79 Å². The van der Waals surface area contributed by atoms with Crippen LogP contribution in [0.25, 0.3) is 11.0 Å². The molecular formula is C20H25NO2. The van der Waals surface area contributed by atoms with Gasteiger partial charge in [-0.15, -0.1) is 0 Å². The normalized spacial score (nSPS) is 26.1. The van der Waals surface area contributed by atoms with Crippen molar-refractivity contribution in [2.24, 2.45) is 17.8 Å². The smallest absolute Gasteiger partial charge is 0.226 e. The van der Waals surface area contributed by atoms with E-state index in [0.29, 0.717) is 18.4 Å². The predicted octanol–water partition coefficient (Wildman–Crippen LogP) is 4.39. The third kappa shape index (κ3) is 2.46. The summed E-state index contributed by atoms with van der Waals surface area (Å²) in [4.78, 5) is 14.8. The molecule has 3 heteroatoms. The van der Waals surface area contributed by atoms with Crippen molar-refractivity contribution in [2.45, 2.75) is 45.6 Å². The molecule has 2 bridgehead atoms. The highest BCUT2D eigenvalue weighted by Gasteiger charge is 2.44. The van der Waals surface area contributed by atoms with E-state index >= 15 is 0 Å². The number of rotatable bonds is 4. The molecule has 3 nitrogen and oxygen atoms in total. The van der Waals surface area contributed by atoms with Crippen molar-refractivity contribution >= 4 is 16.9 Å². The fraction of sp³-hybridized carbons (Fsp3) is 0.550. The van der Waals surface area contributed by atoms with Crippen LogP contribution in [-0.4, -0.2) is 17.9 Å². The van der Waals surface area contributed by atoms with Crippen LogP contribution in [0.2, 0.25) is 0 Å². The van der Waals surface area contributed by atoms with Crippen LogP contribution in [0.1, 0.15) is 43.9 Å². The summed E-state index contributed by atoms with van der Waals surface area (Å²) >= 11 is 0. The Morgan fingerprint density at radius 1 is 1.26 bits per heavy atom. The number of carbonyl (C=O) groups excluding carboxylic acids is 1. The molecule has 0 saturated heterocycles. The first-order chi connectivity index (χ1) is 11.2. The Hall–Kier alpha value is -1.77. The number of furan rings is 1. The number of hydrogen-bond donors (Lipinski definition) is 0. The molecule has 3 atom stereocenters. The van der Waals surface area contributed by atoms with Gasteiger partial charge in [-0.25, -0.2) is 0 Å². The van der Waals surface area contributed by atoms with Gasteiger partial charge in [0.2, 0.25) is 5.91 Å². The number of benzene rings is 1. The van der Waals surface area contributed by atoms with E-state index in [0.717, 1.165) is 35.5 Å². The maximum absolute atomic E-state index is 12.9. The summed E-state index contributed by atoms with van der Waals surface area (Å²) in [6, 6.07) is 8.15. The molecular weight excluding hydrogens is 286 g/mol. The van der Waals surface area contributed by atoms with Gasteiger partial charge in [-0.2, -0.15) is 0 Å². The monoisotopic (exact) mass is 311 g/mol. The molecule has 1 heterocycles. The standard InChI is InChI=1S/C20H25NO2/c1-3-18-17(15-6-4-5-7-19(15)23-18)12-21(2)20(22)16-11-13-8-9-14(16)10-13/h4-7,13-14,16H,3,8-12H2,1-2H3. The zero-order chi connectivity index (χ0) is 16.0. The second-order valence-corrected chi connectivity index (χ2v) is 7.33. The molecule has 122 valence electrons. The Kier molecular flexibility index (Phi) is 3.67. The van der Waals surface area contributed by atoms with Crippen molar-refractivity contribution in [3.05, 3.63) is 35.6 Å². The Bertz CT molecular complexity index is 732. The van der Waals surface area contributed by atoms with Gasteiger partial charge in [0.25, 0.3) is 0 Å². The van der Waals surface area contributed by atoms with Gasteiger partial charge >= 0.3 is 0 Å². The SMILES string of the molecule is CCc1oc2ccccc2c1CN(C)C(=O)C1CC2CCC1C2. The molecule has 2 saturated carbocycles. The van der Waals surface area contributed by atoms with Gasteiger partial charge in [-0.3, -0.25) is 4.79 Å². The van der Waals surface area contributed by atoms with E-state index in [1.54, 1.807) is 0 Å². The van der Waals surface area contributed by atoms with E-state index in [1.165, 1.54) is 24.8 Å². The number of carbonyl (C=O) groups is 1. The fourth-order valence-electron chi connectivity index (χ4n) is 4.75. The maximum Gasteiger partial charge on any atom is 0.226 e. The van der Waals surface area contributed by atoms with Crippen molar-refractivity contribution in [1.29, 1.82) is 0 Å². The number of amides is 1. The van der Waals surface area contributed by atoms with E-state index < -0.39 is 0 Å². The molecule has 2 aliphatic rings. The molecule has 3 unspecified atom stereocenters. The molecule has 0 N–H and O–H groups in total. The van der Waals surface area contributed by atoms with Gasteiger partial charge in [-0.1, -0.05) is 31.5 Å². The summed E-state index contributed by atoms with van der Waals surface area (Å²) in [5, 5.41) is 1.15. The maximum atomic E-state index is 12.9. The topological polar surface area (TPSA) is 33.5 Å². The number of fused-ring (bicyclic) bond motifs is 3. The van der Waals surface area contributed by atoms with E-state index in [4.69, 9.17) is 4.42 Å². The molecule has 4 rings (SSSR count). The predicted molar refractivity (Wildman–Crippen MR) is 91.0 cm³/mol. The van der Waals surface area contributed by atoms with E-state index in [2.05, 4.69) is 13.0 Å². The van der Waals surface area contributed by atoms with Gasteiger partial charge in [0.05, 0.1) is 0 Å². The summed E-state index contributed by atoms with van der Waals surface area (Å²) in [6.45, 7) is 2.77. The summed E-state index contributed by atoms with van der Waals surface area (Å²) in [5.74, 6) is 3.07. The van der Waals surface area contributed by atoms with Crippen LogP contribution in [0.4, 0.5) is 0 Å². The third-order valence-electron chi connectivity index (χ3n) is 5.93. The fourth-order valence-corrected chi connectivity index (χ4v) is 4.75. The molecule has 2 fully saturated rings. The first-order valence-electron chi connectivity index (χ1n) is 8.91. The van der Waals surface area contributed by atoms with Crippen LogP contribution in [0, 0.1) is 17.8 Å². The molecule has 1 aromatic carbocycles. The number of aryl methyl sites for hydroxylation is 1. The molecule has 1 amide bonds. The average Bonchev–Trinajstić information content (AvgIpc) is 3.28. The highest BCUT2D eigenvalue weighted by atomic mass is 16.3. The second kappa shape index (κ2) is 5.70. The first kappa shape index (κ1) is 14.8. The summed E-state index contributed by atoms with van der Waals surface area (Å²) < 4.78 is 5.97. The van der Waals surface area contributed by atoms with E-state index in [1.807, 2.05) is 30.1 Å². The first-order valence-corrected chi connectivity index (χ1v) is 8.91. The Morgan fingerprint density at radius 2 is 2.09 bits per heavy atom. The van der Waals surface area contributed by atoms with Gasteiger partial charge in [0.15, 0.2) is 0 Å². The summed E-state index contributed by atoms with van der Waals surface area (Å²) in [5.41, 5.74) is 2.11. The Morgan fingerprint density at radius 3 is 2.78 bits per heavy atom. The van der Waals surface area contributed by atoms with Crippen LogP contribution in [-0.2, 0) is 17.8 Å². The van der Waals surface area contributed by atoms with Crippen LogP contribution in [0.5, 0.6) is 0 Å². The highest BCUT2D eigenvalue weighted by Crippen LogP contribution is 2.48. The van der Waals surface area contributed by atoms with Gasteiger partial charge in [0, 0.05) is 36.9 Å². The average molecular weight is 311 g/mol. The lowest BCUT2D eigenvalue weighted by molar-refractivity contribution is -0.136. The lowest BCUT2D eigenvalue weighted by atomic mass is 9.87. The van der Waals surface area contributed by atoms with Crippen LogP contribution in [0.3, 0.4) is 0 Å². The van der Waals surface area contributed by atoms with Crippen molar-refractivity contribution in [2.75, 3.05) is 7.05 Å². The lowest BCUT2D eigenvalue weighted by Gasteiger charge is -2.26. The molecule has 0 spiro atoms. The number of para-hydroxylation sites is 1. The van der Waals surface area contributed by atoms with Crippen molar-refractivity contribution < 1.29 is 9.21 Å². The molecule has 2 aromatic rings. The molecule has 2 aliphatic carbocycles. The minimum absolute atomic E-state index is 0.266. The van der Waals surface area contributed by atoms with E-state index in [-0.39, 0.29) is 5.92 Å². The highest BCUT2D eigenvalue weighted by molar-refractivity contribution is 5.84. The van der Waals surface area contributed by atoms with Crippen molar-refractivity contribution in [1.82, 2.24) is 4.90 Å². The number of hydrogen-bond acceptors (Lipinski definition) is 2. The largest absolute Gasteiger partial charge is 0.461 e. The van der Waals surface area contributed by atoms with Crippen molar-refractivity contribution in [3.63, 3.8) is 0 Å². The zero-order valence-electron chi connectivity index (χ0n) is 14.0. The van der Waals surface area contributed by atoms with Crippen LogP contribution in [0.15, 0.2) is 28.7 Å². The molecule has 1 aromatic heterocycles. The minimum Gasteiger partial charge on any atom is -0.461 e. The third-order valence-corrected chi connectivity index (χ3v) is 5.93.